The van der Waals surface area contributed by atoms with Crippen molar-refractivity contribution < 1.29 is 0 Å². The molecule has 3 rings (SSSR count). The molecule has 2 aliphatic heterocycles. The second kappa shape index (κ2) is 3.93. The highest BCUT2D eigenvalue weighted by molar-refractivity contribution is 7.71. The van der Waals surface area contributed by atoms with Crippen LogP contribution in [0.4, 0.5) is 0 Å². The molecular formula is C12H17N3S. The van der Waals surface area contributed by atoms with Crippen molar-refractivity contribution >= 4 is 12.2 Å². The van der Waals surface area contributed by atoms with Gasteiger partial charge in [0.2, 0.25) is 0 Å². The summed E-state index contributed by atoms with van der Waals surface area (Å²) in [5.74, 6) is 1.68. The molecule has 3 nitrogen and oxygen atoms in total. The molecule has 2 unspecified atom stereocenters. The van der Waals surface area contributed by atoms with E-state index in [2.05, 4.69) is 21.9 Å². The molecule has 0 aromatic carbocycles. The van der Waals surface area contributed by atoms with Crippen LogP contribution in [-0.2, 0) is 0 Å². The second-order valence-electron chi connectivity index (χ2n) is 5.04. The molecule has 16 heavy (non-hydrogen) atoms. The maximum absolute atomic E-state index is 5.16. The summed E-state index contributed by atoms with van der Waals surface area (Å²) in [5, 5.41) is 0. The number of hydrogen-bond donors (Lipinski definition) is 1. The fourth-order valence-corrected chi connectivity index (χ4v) is 3.39. The zero-order chi connectivity index (χ0) is 11.1. The molecule has 2 fully saturated rings. The molecule has 86 valence electrons. The van der Waals surface area contributed by atoms with Gasteiger partial charge in [0.15, 0.2) is 0 Å². The van der Waals surface area contributed by atoms with E-state index in [1.807, 2.05) is 12.3 Å². The first kappa shape index (κ1) is 10.4. The Kier molecular flexibility index (Phi) is 2.56. The van der Waals surface area contributed by atoms with Crippen molar-refractivity contribution in [2.45, 2.75) is 43.7 Å². The van der Waals surface area contributed by atoms with Gasteiger partial charge in [-0.1, -0.05) is 12.2 Å². The number of aromatic amines is 1. The average molecular weight is 235 g/mol. The molecule has 0 radical (unpaired) electrons. The lowest BCUT2D eigenvalue weighted by Gasteiger charge is -2.35. The van der Waals surface area contributed by atoms with Crippen LogP contribution in [0.1, 0.15) is 37.4 Å². The van der Waals surface area contributed by atoms with Gasteiger partial charge in [0.05, 0.1) is 0 Å². The second-order valence-corrected chi connectivity index (χ2v) is 5.48. The first-order chi connectivity index (χ1) is 7.74. The van der Waals surface area contributed by atoms with Crippen molar-refractivity contribution in [1.82, 2.24) is 14.9 Å². The highest BCUT2D eigenvalue weighted by atomic mass is 32.1. The van der Waals surface area contributed by atoms with E-state index < -0.39 is 0 Å². The third kappa shape index (κ3) is 1.70. The molecule has 4 heteroatoms. The highest BCUT2D eigenvalue weighted by Crippen LogP contribution is 2.40. The Labute approximate surface area is 101 Å². The predicted octanol–water partition coefficient (Wildman–Crippen LogP) is 2.48. The van der Waals surface area contributed by atoms with Gasteiger partial charge in [-0.3, -0.25) is 0 Å². The summed E-state index contributed by atoms with van der Waals surface area (Å²) in [6, 6.07) is 3.36. The lowest BCUT2D eigenvalue weighted by Crippen LogP contribution is -2.39. The quantitative estimate of drug-likeness (QED) is 0.759. The topological polar surface area (TPSA) is 31.9 Å². The molecule has 1 aromatic heterocycles. The first-order valence-corrected chi connectivity index (χ1v) is 6.42. The van der Waals surface area contributed by atoms with E-state index in [1.54, 1.807) is 0 Å². The summed E-state index contributed by atoms with van der Waals surface area (Å²) < 4.78 is 0.802. The largest absolute Gasteiger partial charge is 0.335 e. The Hall–Kier alpha value is -0.740. The number of hydrogen-bond acceptors (Lipinski definition) is 3. The maximum atomic E-state index is 5.16. The third-order valence-corrected chi connectivity index (χ3v) is 4.41. The number of fused-ring (bicyclic) bond motifs is 2. The average Bonchev–Trinajstić information content (AvgIpc) is 2.53. The van der Waals surface area contributed by atoms with Gasteiger partial charge >= 0.3 is 0 Å². The summed E-state index contributed by atoms with van der Waals surface area (Å²) in [4.78, 5) is 10.2. The summed E-state index contributed by atoms with van der Waals surface area (Å²) in [6.07, 6.45) is 7.00. The van der Waals surface area contributed by atoms with E-state index in [4.69, 9.17) is 12.2 Å². The summed E-state index contributed by atoms with van der Waals surface area (Å²) in [6.45, 7) is 0. The smallest absolute Gasteiger partial charge is 0.110 e. The number of piperidine rings is 1. The molecule has 2 saturated heterocycles. The van der Waals surface area contributed by atoms with Crippen LogP contribution in [0, 0.1) is 4.64 Å². The van der Waals surface area contributed by atoms with Crippen LogP contribution in [0.25, 0.3) is 0 Å². The minimum atomic E-state index is 0.580. The van der Waals surface area contributed by atoms with Crippen molar-refractivity contribution in [3.8, 4) is 0 Å². The lowest BCUT2D eigenvalue weighted by atomic mass is 9.90. The van der Waals surface area contributed by atoms with Crippen LogP contribution >= 0.6 is 12.2 Å². The van der Waals surface area contributed by atoms with Crippen LogP contribution in [0.3, 0.4) is 0 Å². The van der Waals surface area contributed by atoms with E-state index in [0.717, 1.165) is 22.5 Å². The molecule has 0 spiro atoms. The molecule has 0 amide bonds. The molecule has 2 bridgehead atoms. The standard InChI is InChI=1S/C12H17N3S/c1-15-9-2-3-10(15)7-8(6-9)12-13-5-4-11(16)14-12/h4-5,8-10H,2-3,6-7H2,1H3,(H,13,14,16). The van der Waals surface area contributed by atoms with Crippen molar-refractivity contribution in [1.29, 1.82) is 0 Å². The Morgan fingerprint density at radius 1 is 1.38 bits per heavy atom. The van der Waals surface area contributed by atoms with Gasteiger partial charge in [-0.2, -0.15) is 0 Å². The Morgan fingerprint density at radius 2 is 2.06 bits per heavy atom. The van der Waals surface area contributed by atoms with Gasteiger partial charge in [0.25, 0.3) is 0 Å². The lowest BCUT2D eigenvalue weighted by molar-refractivity contribution is 0.159. The monoisotopic (exact) mass is 235 g/mol. The number of aromatic nitrogens is 2. The van der Waals surface area contributed by atoms with Gasteiger partial charge in [0.1, 0.15) is 10.5 Å². The van der Waals surface area contributed by atoms with Crippen LogP contribution in [0.2, 0.25) is 0 Å². The van der Waals surface area contributed by atoms with Crippen molar-refractivity contribution in [2.24, 2.45) is 0 Å². The van der Waals surface area contributed by atoms with Crippen LogP contribution < -0.4 is 0 Å². The Morgan fingerprint density at radius 3 is 2.69 bits per heavy atom. The SMILES string of the molecule is CN1C2CCC1CC(c1nccc(=S)[nH]1)C2. The van der Waals surface area contributed by atoms with Crippen molar-refractivity contribution in [2.75, 3.05) is 7.05 Å². The van der Waals surface area contributed by atoms with E-state index >= 15 is 0 Å². The Balaban J connectivity index is 1.85. The zero-order valence-corrected chi connectivity index (χ0v) is 10.3. The molecular weight excluding hydrogens is 218 g/mol. The number of H-pyrrole nitrogens is 1. The Bertz CT molecular complexity index is 428. The van der Waals surface area contributed by atoms with Crippen molar-refractivity contribution in [3.63, 3.8) is 0 Å². The van der Waals surface area contributed by atoms with Gasteiger partial charge in [-0.05, 0) is 38.8 Å². The van der Waals surface area contributed by atoms with Gasteiger partial charge in [-0.25, -0.2) is 4.98 Å². The van der Waals surface area contributed by atoms with Crippen LogP contribution in [0.15, 0.2) is 12.3 Å². The molecule has 2 aliphatic rings. The van der Waals surface area contributed by atoms with E-state index in [9.17, 15) is 0 Å². The third-order valence-electron chi connectivity index (χ3n) is 4.18. The molecule has 3 heterocycles. The van der Waals surface area contributed by atoms with Crippen LogP contribution in [0.5, 0.6) is 0 Å². The first-order valence-electron chi connectivity index (χ1n) is 6.01. The molecule has 0 saturated carbocycles. The summed E-state index contributed by atoms with van der Waals surface area (Å²) in [7, 11) is 2.26. The van der Waals surface area contributed by atoms with E-state index in [1.165, 1.54) is 25.7 Å². The zero-order valence-electron chi connectivity index (χ0n) is 9.52. The number of nitrogens with zero attached hydrogens (tertiary/aromatic N) is 2. The van der Waals surface area contributed by atoms with Crippen LogP contribution in [-0.4, -0.2) is 34.0 Å². The molecule has 0 aliphatic carbocycles. The summed E-state index contributed by atoms with van der Waals surface area (Å²) >= 11 is 5.16. The normalized spacial score (nSPS) is 34.2. The number of rotatable bonds is 1. The fourth-order valence-electron chi connectivity index (χ4n) is 3.23. The fraction of sp³-hybridized carbons (Fsp3) is 0.667. The molecule has 1 N–H and O–H groups in total. The van der Waals surface area contributed by atoms with E-state index in [-0.39, 0.29) is 0 Å². The van der Waals surface area contributed by atoms with Gasteiger partial charge in [0, 0.05) is 24.2 Å². The van der Waals surface area contributed by atoms with E-state index in [0.29, 0.717) is 5.92 Å². The van der Waals surface area contributed by atoms with Gasteiger partial charge < -0.3 is 9.88 Å². The number of nitrogens with one attached hydrogen (secondary N) is 1. The predicted molar refractivity (Wildman–Crippen MR) is 66.0 cm³/mol. The minimum absolute atomic E-state index is 0.580. The van der Waals surface area contributed by atoms with Gasteiger partial charge in [-0.15, -0.1) is 0 Å². The molecule has 2 atom stereocenters. The minimum Gasteiger partial charge on any atom is -0.335 e. The molecule has 1 aromatic rings. The highest BCUT2D eigenvalue weighted by Gasteiger charge is 2.39. The maximum Gasteiger partial charge on any atom is 0.110 e. The summed E-state index contributed by atoms with van der Waals surface area (Å²) in [5.41, 5.74) is 0. The van der Waals surface area contributed by atoms with Crippen molar-refractivity contribution in [3.05, 3.63) is 22.7 Å².